The Balaban J connectivity index is 2.05. The van der Waals surface area contributed by atoms with E-state index >= 15 is 0 Å². The minimum absolute atomic E-state index is 0.152. The van der Waals surface area contributed by atoms with Crippen molar-refractivity contribution in [3.05, 3.63) is 53.2 Å². The van der Waals surface area contributed by atoms with Crippen molar-refractivity contribution in [1.82, 2.24) is 4.98 Å². The van der Waals surface area contributed by atoms with E-state index in [2.05, 4.69) is 4.98 Å². The quantitative estimate of drug-likeness (QED) is 0.906. The molecule has 0 amide bonds. The van der Waals surface area contributed by atoms with Gasteiger partial charge < -0.3 is 9.84 Å². The van der Waals surface area contributed by atoms with Crippen LogP contribution in [0.15, 0.2) is 42.6 Å². The zero-order chi connectivity index (χ0) is 12.1. The van der Waals surface area contributed by atoms with Gasteiger partial charge in [-0.05, 0) is 30.2 Å². The van der Waals surface area contributed by atoms with E-state index in [0.717, 1.165) is 5.56 Å². The van der Waals surface area contributed by atoms with E-state index in [4.69, 9.17) is 21.4 Å². The fourth-order valence-corrected chi connectivity index (χ4v) is 1.51. The molecule has 17 heavy (non-hydrogen) atoms. The zero-order valence-corrected chi connectivity index (χ0v) is 9.89. The van der Waals surface area contributed by atoms with Gasteiger partial charge in [-0.3, -0.25) is 0 Å². The van der Waals surface area contributed by atoms with Gasteiger partial charge in [0.25, 0.3) is 0 Å². The molecule has 0 unspecified atom stereocenters. The molecule has 2 rings (SSSR count). The highest BCUT2D eigenvalue weighted by atomic mass is 35.5. The van der Waals surface area contributed by atoms with Gasteiger partial charge in [0.1, 0.15) is 5.75 Å². The molecular formula is C13H12ClNO2. The molecule has 3 nitrogen and oxygen atoms in total. The van der Waals surface area contributed by atoms with Crippen LogP contribution >= 0.6 is 11.6 Å². The Morgan fingerprint density at radius 3 is 2.47 bits per heavy atom. The maximum Gasteiger partial charge on any atom is 0.219 e. The zero-order valence-electron chi connectivity index (χ0n) is 9.14. The van der Waals surface area contributed by atoms with Crippen molar-refractivity contribution in [2.75, 3.05) is 6.61 Å². The van der Waals surface area contributed by atoms with E-state index in [0.29, 0.717) is 23.1 Å². The SMILES string of the molecule is OCCc1ccc(Oc2ccc(Cl)cn2)cc1. The molecule has 1 N–H and O–H groups in total. The van der Waals surface area contributed by atoms with E-state index in [1.165, 1.54) is 6.20 Å². The van der Waals surface area contributed by atoms with Crippen molar-refractivity contribution in [2.45, 2.75) is 6.42 Å². The number of ether oxygens (including phenoxy) is 1. The van der Waals surface area contributed by atoms with Gasteiger partial charge in [0.15, 0.2) is 0 Å². The fraction of sp³-hybridized carbons (Fsp3) is 0.154. The molecule has 1 aromatic heterocycles. The number of aliphatic hydroxyl groups excluding tert-OH is 1. The molecule has 1 aromatic carbocycles. The van der Waals surface area contributed by atoms with Crippen molar-refractivity contribution in [3.8, 4) is 11.6 Å². The van der Waals surface area contributed by atoms with Crippen LogP contribution in [0.4, 0.5) is 0 Å². The molecule has 0 aliphatic rings. The molecule has 0 spiro atoms. The van der Waals surface area contributed by atoms with Crippen LogP contribution < -0.4 is 4.74 Å². The summed E-state index contributed by atoms with van der Waals surface area (Å²) in [5, 5.41) is 9.38. The second-order valence-electron chi connectivity index (χ2n) is 3.53. The highest BCUT2D eigenvalue weighted by molar-refractivity contribution is 6.30. The van der Waals surface area contributed by atoms with Crippen LogP contribution in [0.1, 0.15) is 5.56 Å². The third kappa shape index (κ3) is 3.44. The number of nitrogens with zero attached hydrogens (tertiary/aromatic N) is 1. The Kier molecular flexibility index (Phi) is 3.96. The van der Waals surface area contributed by atoms with Crippen LogP contribution in [0.5, 0.6) is 11.6 Å². The second-order valence-corrected chi connectivity index (χ2v) is 3.97. The van der Waals surface area contributed by atoms with Crippen LogP contribution in [0.2, 0.25) is 5.02 Å². The molecule has 2 aromatic rings. The van der Waals surface area contributed by atoms with Crippen LogP contribution in [-0.4, -0.2) is 16.7 Å². The summed E-state index contributed by atoms with van der Waals surface area (Å²) in [6.45, 7) is 0.152. The lowest BCUT2D eigenvalue weighted by molar-refractivity contribution is 0.299. The summed E-state index contributed by atoms with van der Waals surface area (Å²) in [6, 6.07) is 11.0. The van der Waals surface area contributed by atoms with E-state index in [1.807, 2.05) is 24.3 Å². The van der Waals surface area contributed by atoms with Gasteiger partial charge in [-0.15, -0.1) is 0 Å². The summed E-state index contributed by atoms with van der Waals surface area (Å²) >= 11 is 5.73. The highest BCUT2D eigenvalue weighted by Crippen LogP contribution is 2.20. The number of hydrogen-bond donors (Lipinski definition) is 1. The van der Waals surface area contributed by atoms with Gasteiger partial charge in [0, 0.05) is 18.9 Å². The van der Waals surface area contributed by atoms with Crippen LogP contribution in [0, 0.1) is 0 Å². The van der Waals surface area contributed by atoms with Crippen molar-refractivity contribution < 1.29 is 9.84 Å². The maximum atomic E-state index is 8.80. The first-order valence-corrected chi connectivity index (χ1v) is 5.65. The Hall–Kier alpha value is -1.58. The lowest BCUT2D eigenvalue weighted by atomic mass is 10.1. The lowest BCUT2D eigenvalue weighted by Gasteiger charge is -2.05. The molecule has 0 saturated carbocycles. The van der Waals surface area contributed by atoms with Crippen LogP contribution in [0.3, 0.4) is 0 Å². The number of benzene rings is 1. The summed E-state index contributed by atoms with van der Waals surface area (Å²) in [7, 11) is 0. The molecule has 0 aliphatic carbocycles. The molecule has 88 valence electrons. The third-order valence-corrected chi connectivity index (χ3v) is 2.47. The summed E-state index contributed by atoms with van der Waals surface area (Å²) in [4.78, 5) is 4.04. The van der Waals surface area contributed by atoms with Gasteiger partial charge in [-0.1, -0.05) is 23.7 Å². The predicted octanol–water partition coefficient (Wildman–Crippen LogP) is 3.06. The Morgan fingerprint density at radius 2 is 1.88 bits per heavy atom. The molecule has 1 heterocycles. The monoisotopic (exact) mass is 249 g/mol. The molecule has 0 radical (unpaired) electrons. The molecule has 0 atom stereocenters. The number of pyridine rings is 1. The van der Waals surface area contributed by atoms with Crippen LogP contribution in [-0.2, 0) is 6.42 Å². The van der Waals surface area contributed by atoms with E-state index in [-0.39, 0.29) is 6.61 Å². The average Bonchev–Trinajstić information content (AvgIpc) is 2.35. The number of halogens is 1. The first-order chi connectivity index (χ1) is 8.28. The second kappa shape index (κ2) is 5.66. The Labute approximate surface area is 105 Å². The Bertz CT molecular complexity index is 468. The van der Waals surface area contributed by atoms with Gasteiger partial charge in [0.2, 0.25) is 5.88 Å². The molecule has 4 heteroatoms. The number of aliphatic hydroxyl groups is 1. The largest absolute Gasteiger partial charge is 0.439 e. The average molecular weight is 250 g/mol. The van der Waals surface area contributed by atoms with Crippen molar-refractivity contribution in [1.29, 1.82) is 0 Å². The van der Waals surface area contributed by atoms with E-state index in [1.54, 1.807) is 12.1 Å². The minimum atomic E-state index is 0.152. The van der Waals surface area contributed by atoms with Crippen molar-refractivity contribution in [3.63, 3.8) is 0 Å². The Morgan fingerprint density at radius 1 is 1.12 bits per heavy atom. The molecule has 0 saturated heterocycles. The first kappa shape index (κ1) is 11.9. The van der Waals surface area contributed by atoms with Crippen molar-refractivity contribution in [2.24, 2.45) is 0 Å². The summed E-state index contributed by atoms with van der Waals surface area (Å²) in [6.07, 6.45) is 2.19. The molecule has 0 aliphatic heterocycles. The predicted molar refractivity (Wildman–Crippen MR) is 66.6 cm³/mol. The van der Waals surface area contributed by atoms with Gasteiger partial charge in [-0.2, -0.15) is 0 Å². The van der Waals surface area contributed by atoms with E-state index < -0.39 is 0 Å². The highest BCUT2D eigenvalue weighted by Gasteiger charge is 1.99. The van der Waals surface area contributed by atoms with Gasteiger partial charge in [-0.25, -0.2) is 4.98 Å². The standard InChI is InChI=1S/C13H12ClNO2/c14-11-3-6-13(15-9-11)17-12-4-1-10(2-5-12)7-8-16/h1-6,9,16H,7-8H2. The first-order valence-electron chi connectivity index (χ1n) is 5.27. The van der Waals surface area contributed by atoms with Crippen molar-refractivity contribution >= 4 is 11.6 Å². The number of hydrogen-bond acceptors (Lipinski definition) is 3. The summed E-state index contributed by atoms with van der Waals surface area (Å²) < 4.78 is 5.53. The number of aromatic nitrogens is 1. The number of rotatable bonds is 4. The normalized spacial score (nSPS) is 10.2. The van der Waals surface area contributed by atoms with E-state index in [9.17, 15) is 0 Å². The molecular weight excluding hydrogens is 238 g/mol. The van der Waals surface area contributed by atoms with Crippen LogP contribution in [0.25, 0.3) is 0 Å². The molecule has 0 fully saturated rings. The summed E-state index contributed by atoms with van der Waals surface area (Å²) in [5.74, 6) is 1.21. The maximum absolute atomic E-state index is 8.80. The lowest BCUT2D eigenvalue weighted by Crippen LogP contribution is -1.91. The molecule has 0 bridgehead atoms. The topological polar surface area (TPSA) is 42.4 Å². The fourth-order valence-electron chi connectivity index (χ4n) is 1.40. The third-order valence-electron chi connectivity index (χ3n) is 2.25. The summed E-state index contributed by atoms with van der Waals surface area (Å²) in [5.41, 5.74) is 1.07. The van der Waals surface area contributed by atoms with Gasteiger partial charge in [0.05, 0.1) is 5.02 Å². The smallest absolute Gasteiger partial charge is 0.219 e. The minimum Gasteiger partial charge on any atom is -0.439 e. The van der Waals surface area contributed by atoms with Gasteiger partial charge >= 0.3 is 0 Å².